The van der Waals surface area contributed by atoms with Gasteiger partial charge in [0.2, 0.25) is 5.91 Å². The highest BCUT2D eigenvalue weighted by molar-refractivity contribution is 6.30. The predicted octanol–water partition coefficient (Wildman–Crippen LogP) is 3.49. The van der Waals surface area contributed by atoms with Crippen LogP contribution in [-0.2, 0) is 4.79 Å². The summed E-state index contributed by atoms with van der Waals surface area (Å²) in [5, 5.41) is 4.75. The van der Waals surface area contributed by atoms with E-state index in [-0.39, 0.29) is 17.6 Å². The molecule has 1 aliphatic heterocycles. The van der Waals surface area contributed by atoms with Crippen molar-refractivity contribution in [2.75, 3.05) is 0 Å². The van der Waals surface area contributed by atoms with Crippen molar-refractivity contribution in [3.05, 3.63) is 70.5 Å². The van der Waals surface area contributed by atoms with E-state index < -0.39 is 0 Å². The summed E-state index contributed by atoms with van der Waals surface area (Å²) in [5.41, 5.74) is 4.99. The fraction of sp³-hybridized carbons (Fsp3) is 0.125. The Bertz CT molecular complexity index is 695. The van der Waals surface area contributed by atoms with Crippen LogP contribution in [0.4, 0.5) is 4.39 Å². The van der Waals surface area contributed by atoms with E-state index in [9.17, 15) is 9.18 Å². The largest absolute Gasteiger partial charge is 0.272 e. The molecule has 3 nitrogen and oxygen atoms in total. The zero-order chi connectivity index (χ0) is 14.8. The summed E-state index contributed by atoms with van der Waals surface area (Å²) in [4.78, 5) is 12.0. The molecule has 0 aromatic heterocycles. The number of carbonyl (C=O) groups excluding carboxylic acids is 1. The van der Waals surface area contributed by atoms with Gasteiger partial charge in [-0.25, -0.2) is 9.82 Å². The second-order valence-corrected chi connectivity index (χ2v) is 5.29. The molecule has 3 rings (SSSR count). The van der Waals surface area contributed by atoms with Gasteiger partial charge in [-0.05, 0) is 35.4 Å². The molecule has 0 saturated heterocycles. The molecular weight excluding hydrogens is 291 g/mol. The number of nitrogens with one attached hydrogen (secondary N) is 1. The summed E-state index contributed by atoms with van der Waals surface area (Å²) >= 11 is 5.87. The lowest BCUT2D eigenvalue weighted by molar-refractivity contribution is -0.122. The molecule has 0 bridgehead atoms. The third kappa shape index (κ3) is 2.95. The first-order valence-electron chi connectivity index (χ1n) is 6.51. The SMILES string of the molecule is O=C1NN=C(c2ccc(Cl)cc2)CC1c1ccc(F)cc1. The third-order valence-corrected chi connectivity index (χ3v) is 3.72. The van der Waals surface area contributed by atoms with Gasteiger partial charge in [0.15, 0.2) is 0 Å². The number of hydrogen-bond acceptors (Lipinski definition) is 2. The van der Waals surface area contributed by atoms with E-state index in [2.05, 4.69) is 10.5 Å². The second kappa shape index (κ2) is 5.66. The van der Waals surface area contributed by atoms with Crippen LogP contribution in [0.15, 0.2) is 53.6 Å². The molecule has 5 heteroatoms. The smallest absolute Gasteiger partial charge is 0.248 e. The van der Waals surface area contributed by atoms with Crippen LogP contribution >= 0.6 is 11.6 Å². The highest BCUT2D eigenvalue weighted by Gasteiger charge is 2.27. The molecule has 2 aromatic rings. The molecule has 1 amide bonds. The Labute approximate surface area is 126 Å². The molecule has 0 aliphatic carbocycles. The monoisotopic (exact) mass is 302 g/mol. The summed E-state index contributed by atoms with van der Waals surface area (Å²) in [7, 11) is 0. The Morgan fingerprint density at radius 1 is 1.10 bits per heavy atom. The normalized spacial score (nSPS) is 18.1. The number of rotatable bonds is 2. The van der Waals surface area contributed by atoms with Gasteiger partial charge < -0.3 is 0 Å². The van der Waals surface area contributed by atoms with E-state index in [1.165, 1.54) is 12.1 Å². The van der Waals surface area contributed by atoms with Gasteiger partial charge in [0.1, 0.15) is 5.82 Å². The molecule has 1 aliphatic rings. The van der Waals surface area contributed by atoms with Crippen LogP contribution in [0, 0.1) is 5.82 Å². The second-order valence-electron chi connectivity index (χ2n) is 4.85. The predicted molar refractivity (Wildman–Crippen MR) is 79.9 cm³/mol. The van der Waals surface area contributed by atoms with Crippen LogP contribution in [0.2, 0.25) is 5.02 Å². The average Bonchev–Trinajstić information content (AvgIpc) is 2.50. The number of benzene rings is 2. The minimum absolute atomic E-state index is 0.181. The van der Waals surface area contributed by atoms with Gasteiger partial charge in [-0.3, -0.25) is 4.79 Å². The highest BCUT2D eigenvalue weighted by Crippen LogP contribution is 2.26. The van der Waals surface area contributed by atoms with Crippen LogP contribution in [-0.4, -0.2) is 11.6 Å². The number of carbonyl (C=O) groups is 1. The van der Waals surface area contributed by atoms with E-state index in [1.807, 2.05) is 12.1 Å². The summed E-state index contributed by atoms with van der Waals surface area (Å²) in [6.07, 6.45) is 0.471. The Balaban J connectivity index is 1.88. The Kier molecular flexibility index (Phi) is 3.71. The van der Waals surface area contributed by atoms with Gasteiger partial charge in [0, 0.05) is 11.4 Å². The Hall–Kier alpha value is -2.20. The van der Waals surface area contributed by atoms with Gasteiger partial charge >= 0.3 is 0 Å². The molecule has 1 N–H and O–H groups in total. The van der Waals surface area contributed by atoms with E-state index in [1.54, 1.807) is 24.3 Å². The van der Waals surface area contributed by atoms with Gasteiger partial charge in [-0.15, -0.1) is 0 Å². The molecule has 0 fully saturated rings. The molecule has 1 unspecified atom stereocenters. The van der Waals surface area contributed by atoms with Gasteiger partial charge in [0.25, 0.3) is 0 Å². The summed E-state index contributed by atoms with van der Waals surface area (Å²) in [5.74, 6) is -0.866. The fourth-order valence-electron chi connectivity index (χ4n) is 2.32. The molecule has 0 spiro atoms. The lowest BCUT2D eigenvalue weighted by atomic mass is 9.89. The van der Waals surface area contributed by atoms with E-state index >= 15 is 0 Å². The van der Waals surface area contributed by atoms with E-state index in [0.29, 0.717) is 11.4 Å². The van der Waals surface area contributed by atoms with E-state index in [4.69, 9.17) is 11.6 Å². The maximum absolute atomic E-state index is 13.0. The highest BCUT2D eigenvalue weighted by atomic mass is 35.5. The standard InChI is InChI=1S/C16H12ClFN2O/c17-12-5-1-11(2-6-12)15-9-14(16(21)20-19-15)10-3-7-13(18)8-4-10/h1-8,14H,9H2,(H,20,21). The maximum atomic E-state index is 13.0. The quantitative estimate of drug-likeness (QED) is 0.906. The third-order valence-electron chi connectivity index (χ3n) is 3.46. The van der Waals surface area contributed by atoms with Crippen molar-refractivity contribution in [1.82, 2.24) is 5.43 Å². The van der Waals surface area contributed by atoms with Crippen LogP contribution < -0.4 is 5.43 Å². The zero-order valence-corrected chi connectivity index (χ0v) is 11.8. The van der Waals surface area contributed by atoms with Crippen molar-refractivity contribution in [3.63, 3.8) is 0 Å². The summed E-state index contributed by atoms with van der Waals surface area (Å²) in [6, 6.07) is 13.3. The maximum Gasteiger partial charge on any atom is 0.248 e. The lowest BCUT2D eigenvalue weighted by Gasteiger charge is -2.21. The van der Waals surface area contributed by atoms with Crippen molar-refractivity contribution in [2.24, 2.45) is 5.10 Å². The molecule has 106 valence electrons. The first-order valence-corrected chi connectivity index (χ1v) is 6.89. The Morgan fingerprint density at radius 2 is 1.76 bits per heavy atom. The number of hydrogen-bond donors (Lipinski definition) is 1. The molecule has 1 atom stereocenters. The van der Waals surface area contributed by atoms with E-state index in [0.717, 1.165) is 16.8 Å². The molecule has 1 heterocycles. The zero-order valence-electron chi connectivity index (χ0n) is 11.0. The van der Waals surface area contributed by atoms with Crippen molar-refractivity contribution in [3.8, 4) is 0 Å². The first kappa shape index (κ1) is 13.8. The van der Waals surface area contributed by atoms with Gasteiger partial charge in [-0.1, -0.05) is 35.9 Å². The number of hydrazone groups is 1. The summed E-state index contributed by atoms with van der Waals surface area (Å²) < 4.78 is 13.0. The fourth-order valence-corrected chi connectivity index (χ4v) is 2.45. The molecule has 21 heavy (non-hydrogen) atoms. The van der Waals surface area contributed by atoms with Crippen LogP contribution in [0.3, 0.4) is 0 Å². The average molecular weight is 303 g/mol. The molecular formula is C16H12ClFN2O. The molecule has 2 aromatic carbocycles. The lowest BCUT2D eigenvalue weighted by Crippen LogP contribution is -2.33. The van der Waals surface area contributed by atoms with Crippen molar-refractivity contribution < 1.29 is 9.18 Å². The number of nitrogens with zero attached hydrogens (tertiary/aromatic N) is 1. The molecule has 0 saturated carbocycles. The van der Waals surface area contributed by atoms with Crippen LogP contribution in [0.5, 0.6) is 0 Å². The van der Waals surface area contributed by atoms with Crippen molar-refractivity contribution in [2.45, 2.75) is 12.3 Å². The van der Waals surface area contributed by atoms with Gasteiger partial charge in [-0.2, -0.15) is 5.10 Å². The van der Waals surface area contributed by atoms with Crippen molar-refractivity contribution in [1.29, 1.82) is 0 Å². The van der Waals surface area contributed by atoms with Crippen LogP contribution in [0.1, 0.15) is 23.5 Å². The minimum Gasteiger partial charge on any atom is -0.272 e. The minimum atomic E-state index is -0.367. The first-order chi connectivity index (χ1) is 10.1. The number of amides is 1. The van der Waals surface area contributed by atoms with Crippen molar-refractivity contribution >= 4 is 23.2 Å². The summed E-state index contributed by atoms with van der Waals surface area (Å²) in [6.45, 7) is 0. The van der Waals surface area contributed by atoms with Gasteiger partial charge in [0.05, 0.1) is 11.6 Å². The topological polar surface area (TPSA) is 41.5 Å². The Morgan fingerprint density at radius 3 is 2.43 bits per heavy atom. The number of halogens is 2. The molecule has 0 radical (unpaired) electrons. The van der Waals surface area contributed by atoms with Crippen LogP contribution in [0.25, 0.3) is 0 Å².